The number of halogens is 1. The summed E-state index contributed by atoms with van der Waals surface area (Å²) >= 11 is 6.00. The van der Waals surface area contributed by atoms with Gasteiger partial charge in [-0.15, -0.1) is 5.10 Å². The minimum absolute atomic E-state index is 0.378. The smallest absolute Gasteiger partial charge is 0.184 e. The number of aromatic nitrogens is 4. The number of nitrogen functional groups attached to an aromatic ring is 1. The molecule has 0 saturated heterocycles. The van der Waals surface area contributed by atoms with Crippen LogP contribution in [0.5, 0.6) is 0 Å². The number of anilines is 1. The monoisotopic (exact) mass is 263 g/mol. The summed E-state index contributed by atoms with van der Waals surface area (Å²) in [6.07, 6.45) is 2.22. The van der Waals surface area contributed by atoms with Gasteiger partial charge in [-0.05, 0) is 47.4 Å². The predicted octanol–water partition coefficient (Wildman–Crippen LogP) is 2.55. The van der Waals surface area contributed by atoms with E-state index in [1.807, 2.05) is 4.68 Å². The summed E-state index contributed by atoms with van der Waals surface area (Å²) < 4.78 is 1.86. The number of benzene rings is 1. The third-order valence-corrected chi connectivity index (χ3v) is 3.68. The molecule has 1 aliphatic rings. The molecule has 1 saturated carbocycles. The van der Waals surface area contributed by atoms with Crippen LogP contribution in [0.2, 0.25) is 5.02 Å². The average molecular weight is 264 g/mol. The summed E-state index contributed by atoms with van der Waals surface area (Å²) in [5.74, 6) is 1.44. The first-order valence-corrected chi connectivity index (χ1v) is 6.36. The fourth-order valence-corrected chi connectivity index (χ4v) is 2.57. The van der Waals surface area contributed by atoms with Crippen LogP contribution >= 0.6 is 11.6 Å². The van der Waals surface area contributed by atoms with Crippen molar-refractivity contribution in [3.05, 3.63) is 23.2 Å². The van der Waals surface area contributed by atoms with E-state index < -0.39 is 0 Å². The first kappa shape index (κ1) is 11.5. The molecule has 2 aromatic rings. The molecular weight excluding hydrogens is 250 g/mol. The molecule has 1 heterocycles. The van der Waals surface area contributed by atoms with Crippen molar-refractivity contribution >= 4 is 17.3 Å². The quantitative estimate of drug-likeness (QED) is 0.846. The maximum absolute atomic E-state index is 6.00. The molecular formula is C12H14ClN5. The van der Waals surface area contributed by atoms with Crippen molar-refractivity contribution in [2.24, 2.45) is 5.92 Å². The largest absolute Gasteiger partial charge is 0.398 e. The molecule has 18 heavy (non-hydrogen) atoms. The zero-order valence-electron chi connectivity index (χ0n) is 10.0. The van der Waals surface area contributed by atoms with Gasteiger partial charge in [-0.1, -0.05) is 18.5 Å². The number of nitrogens with two attached hydrogens (primary N) is 1. The third-order valence-electron chi connectivity index (χ3n) is 3.44. The zero-order chi connectivity index (χ0) is 12.7. The van der Waals surface area contributed by atoms with Crippen LogP contribution in [-0.4, -0.2) is 20.2 Å². The summed E-state index contributed by atoms with van der Waals surface area (Å²) in [4.78, 5) is 0. The standard InChI is InChI=1S/C12H14ClN5/c1-7-4-9(5-7)18-12(15-16-17-18)10-6-8(13)2-3-11(10)14/h2-3,6-7,9H,4-5,14H2,1H3. The van der Waals surface area contributed by atoms with Crippen molar-refractivity contribution in [3.8, 4) is 11.4 Å². The molecule has 1 fully saturated rings. The van der Waals surface area contributed by atoms with Crippen molar-refractivity contribution in [1.29, 1.82) is 0 Å². The fraction of sp³-hybridized carbons (Fsp3) is 0.417. The Morgan fingerprint density at radius 1 is 1.39 bits per heavy atom. The van der Waals surface area contributed by atoms with E-state index in [9.17, 15) is 0 Å². The summed E-state index contributed by atoms with van der Waals surface area (Å²) in [6, 6.07) is 5.73. The molecule has 0 spiro atoms. The zero-order valence-corrected chi connectivity index (χ0v) is 10.8. The number of hydrogen-bond donors (Lipinski definition) is 1. The second-order valence-electron chi connectivity index (χ2n) is 4.91. The van der Waals surface area contributed by atoms with E-state index in [2.05, 4.69) is 22.4 Å². The number of hydrogen-bond acceptors (Lipinski definition) is 4. The van der Waals surface area contributed by atoms with Gasteiger partial charge in [0.15, 0.2) is 5.82 Å². The van der Waals surface area contributed by atoms with Crippen molar-refractivity contribution in [3.63, 3.8) is 0 Å². The van der Waals surface area contributed by atoms with Gasteiger partial charge in [0, 0.05) is 16.3 Å². The van der Waals surface area contributed by atoms with Gasteiger partial charge in [0.05, 0.1) is 6.04 Å². The number of rotatable bonds is 2. The van der Waals surface area contributed by atoms with Crippen LogP contribution in [0, 0.1) is 5.92 Å². The van der Waals surface area contributed by atoms with Crippen molar-refractivity contribution < 1.29 is 0 Å². The highest BCUT2D eigenvalue weighted by atomic mass is 35.5. The molecule has 0 atom stereocenters. The topological polar surface area (TPSA) is 69.6 Å². The van der Waals surface area contributed by atoms with Crippen LogP contribution in [0.4, 0.5) is 5.69 Å². The lowest BCUT2D eigenvalue weighted by Gasteiger charge is -2.32. The lowest BCUT2D eigenvalue weighted by molar-refractivity contribution is 0.199. The Hall–Kier alpha value is -1.62. The molecule has 6 heteroatoms. The Kier molecular flexibility index (Phi) is 2.70. The molecule has 0 aliphatic heterocycles. The van der Waals surface area contributed by atoms with Gasteiger partial charge in [-0.3, -0.25) is 0 Å². The minimum Gasteiger partial charge on any atom is -0.398 e. The van der Waals surface area contributed by atoms with Crippen LogP contribution in [0.1, 0.15) is 25.8 Å². The first-order valence-electron chi connectivity index (χ1n) is 5.98. The number of tetrazole rings is 1. The van der Waals surface area contributed by atoms with Gasteiger partial charge in [-0.25, -0.2) is 4.68 Å². The molecule has 5 nitrogen and oxygen atoms in total. The minimum atomic E-state index is 0.378. The molecule has 1 aromatic heterocycles. The van der Waals surface area contributed by atoms with Gasteiger partial charge in [0.2, 0.25) is 0 Å². The summed E-state index contributed by atoms with van der Waals surface area (Å²) in [5.41, 5.74) is 7.41. The van der Waals surface area contributed by atoms with E-state index >= 15 is 0 Å². The molecule has 2 N–H and O–H groups in total. The maximum Gasteiger partial charge on any atom is 0.184 e. The van der Waals surface area contributed by atoms with E-state index in [4.69, 9.17) is 17.3 Å². The highest BCUT2D eigenvalue weighted by Crippen LogP contribution is 2.39. The summed E-state index contributed by atoms with van der Waals surface area (Å²) in [5, 5.41) is 12.6. The summed E-state index contributed by atoms with van der Waals surface area (Å²) in [7, 11) is 0. The molecule has 0 unspecified atom stereocenters. The van der Waals surface area contributed by atoms with Crippen LogP contribution in [-0.2, 0) is 0 Å². The van der Waals surface area contributed by atoms with Crippen molar-refractivity contribution in [2.75, 3.05) is 5.73 Å². The Labute approximate surface area is 110 Å². The highest BCUT2D eigenvalue weighted by molar-refractivity contribution is 6.31. The van der Waals surface area contributed by atoms with Gasteiger partial charge >= 0.3 is 0 Å². The normalized spacial score (nSPS) is 22.8. The van der Waals surface area contributed by atoms with Crippen molar-refractivity contribution in [2.45, 2.75) is 25.8 Å². The lowest BCUT2D eigenvalue weighted by atomic mass is 9.82. The second kappa shape index (κ2) is 4.24. The maximum atomic E-state index is 6.00. The molecule has 94 valence electrons. The van der Waals surface area contributed by atoms with Crippen LogP contribution in [0.15, 0.2) is 18.2 Å². The Bertz CT molecular complexity index is 574. The van der Waals surface area contributed by atoms with Crippen molar-refractivity contribution in [1.82, 2.24) is 20.2 Å². The van der Waals surface area contributed by atoms with Gasteiger partial charge in [0.1, 0.15) is 0 Å². The van der Waals surface area contributed by atoms with Gasteiger partial charge < -0.3 is 5.73 Å². The molecule has 0 amide bonds. The van der Waals surface area contributed by atoms with E-state index in [0.717, 1.165) is 24.3 Å². The van der Waals surface area contributed by atoms with Crippen LogP contribution in [0.3, 0.4) is 0 Å². The van der Waals surface area contributed by atoms with Crippen LogP contribution in [0.25, 0.3) is 11.4 Å². The Morgan fingerprint density at radius 3 is 2.89 bits per heavy atom. The highest BCUT2D eigenvalue weighted by Gasteiger charge is 2.30. The Morgan fingerprint density at radius 2 is 2.17 bits per heavy atom. The number of nitrogens with zero attached hydrogens (tertiary/aromatic N) is 4. The SMILES string of the molecule is CC1CC(n2nnnc2-c2cc(Cl)ccc2N)C1. The van der Waals surface area contributed by atoms with Crippen LogP contribution < -0.4 is 5.73 Å². The molecule has 1 aliphatic carbocycles. The molecule has 1 aromatic carbocycles. The first-order chi connectivity index (χ1) is 8.65. The fourth-order valence-electron chi connectivity index (χ4n) is 2.40. The lowest BCUT2D eigenvalue weighted by Crippen LogP contribution is -2.26. The Balaban J connectivity index is 2.02. The average Bonchev–Trinajstić information content (AvgIpc) is 2.76. The molecule has 3 rings (SSSR count). The van der Waals surface area contributed by atoms with E-state index in [1.165, 1.54) is 0 Å². The molecule has 0 bridgehead atoms. The molecule has 0 radical (unpaired) electrons. The van der Waals surface area contributed by atoms with E-state index in [0.29, 0.717) is 22.6 Å². The van der Waals surface area contributed by atoms with E-state index in [-0.39, 0.29) is 0 Å². The van der Waals surface area contributed by atoms with E-state index in [1.54, 1.807) is 18.2 Å². The second-order valence-corrected chi connectivity index (χ2v) is 5.35. The van der Waals surface area contributed by atoms with Gasteiger partial charge in [0.25, 0.3) is 0 Å². The summed E-state index contributed by atoms with van der Waals surface area (Å²) in [6.45, 7) is 2.23. The van der Waals surface area contributed by atoms with Gasteiger partial charge in [-0.2, -0.15) is 0 Å². The third kappa shape index (κ3) is 1.84. The predicted molar refractivity (Wildman–Crippen MR) is 70.1 cm³/mol.